The van der Waals surface area contributed by atoms with Gasteiger partial charge in [0.25, 0.3) is 0 Å². The second-order valence-electron chi connectivity index (χ2n) is 9.14. The molecule has 0 amide bonds. The minimum Gasteiger partial charge on any atom is -0.348 e. The highest BCUT2D eigenvalue weighted by molar-refractivity contribution is 7.22. The molecule has 32 heavy (non-hydrogen) atoms. The van der Waals surface area contributed by atoms with Gasteiger partial charge in [0.2, 0.25) is 0 Å². The van der Waals surface area contributed by atoms with Crippen molar-refractivity contribution >= 4 is 37.6 Å². The van der Waals surface area contributed by atoms with E-state index in [4.69, 9.17) is 4.98 Å². The highest BCUT2D eigenvalue weighted by Gasteiger charge is 2.33. The van der Waals surface area contributed by atoms with Gasteiger partial charge in [-0.15, -0.1) is 0 Å². The van der Waals surface area contributed by atoms with Crippen LogP contribution < -0.4 is 10.2 Å². The maximum atomic E-state index is 9.60. The molecule has 3 aromatic heterocycles. The van der Waals surface area contributed by atoms with Gasteiger partial charge in [0, 0.05) is 49.4 Å². The molecule has 2 aliphatic heterocycles. The number of aryl methyl sites for hydroxylation is 1. The Morgan fingerprint density at radius 3 is 2.81 bits per heavy atom. The molecule has 2 aliphatic rings. The Hall–Kier alpha value is -3.02. The number of piperidine rings is 2. The summed E-state index contributed by atoms with van der Waals surface area (Å²) in [7, 11) is 4.06. The van der Waals surface area contributed by atoms with Crippen LogP contribution in [0.15, 0.2) is 30.6 Å². The van der Waals surface area contributed by atoms with Gasteiger partial charge in [-0.25, -0.2) is 4.98 Å². The lowest BCUT2D eigenvalue weighted by atomic mass is 9.83. The normalized spacial score (nSPS) is 22.8. The molecule has 2 bridgehead atoms. The average Bonchev–Trinajstić information content (AvgIpc) is 3.39. The van der Waals surface area contributed by atoms with E-state index in [1.165, 1.54) is 32.1 Å². The summed E-state index contributed by atoms with van der Waals surface area (Å²) in [4.78, 5) is 12.0. The van der Waals surface area contributed by atoms with E-state index in [1.807, 2.05) is 25.5 Å². The van der Waals surface area contributed by atoms with Crippen molar-refractivity contribution in [3.8, 4) is 17.3 Å². The first kappa shape index (κ1) is 19.6. The van der Waals surface area contributed by atoms with Gasteiger partial charge in [0.05, 0.1) is 22.2 Å². The summed E-state index contributed by atoms with van der Waals surface area (Å²) >= 11 is 1.73. The van der Waals surface area contributed by atoms with Crippen molar-refractivity contribution in [1.29, 1.82) is 5.26 Å². The summed E-state index contributed by atoms with van der Waals surface area (Å²) < 4.78 is 2.86. The average molecular weight is 444 g/mol. The van der Waals surface area contributed by atoms with Gasteiger partial charge >= 0.3 is 0 Å². The Labute approximate surface area is 190 Å². The maximum absolute atomic E-state index is 9.60. The highest BCUT2D eigenvalue weighted by atomic mass is 32.1. The summed E-state index contributed by atoms with van der Waals surface area (Å²) in [6.45, 7) is 0. The minimum absolute atomic E-state index is 0.533. The number of rotatable bonds is 3. The van der Waals surface area contributed by atoms with Gasteiger partial charge in [0.15, 0.2) is 5.13 Å². The summed E-state index contributed by atoms with van der Waals surface area (Å²) in [6, 6.07) is 10.1. The Balaban J connectivity index is 1.33. The number of aromatic nitrogens is 4. The largest absolute Gasteiger partial charge is 0.348 e. The first-order valence-corrected chi connectivity index (χ1v) is 12.0. The fourth-order valence-corrected chi connectivity index (χ4v) is 6.33. The number of anilines is 1. The van der Waals surface area contributed by atoms with Gasteiger partial charge in [-0.05, 0) is 43.9 Å². The van der Waals surface area contributed by atoms with Crippen LogP contribution >= 0.6 is 11.3 Å². The molecule has 0 radical (unpaired) electrons. The molecule has 6 rings (SSSR count). The standard InChI is InChI=1S/C24H25N7S/c1-30-13-16-7-14(6-15(11-25)23(16)29-30)20-10-22-21(12-26-20)28-24(32-22)31(2)19-8-17-4-3-5-18(9-19)27-17/h6-7,10,12-13,17-19,27H,3-5,8-9H2,1-2H3. The molecule has 4 aromatic rings. The Bertz CT molecular complexity index is 1350. The third-order valence-corrected chi connectivity index (χ3v) is 8.05. The van der Waals surface area contributed by atoms with Gasteiger partial charge in [-0.1, -0.05) is 17.8 Å². The van der Waals surface area contributed by atoms with Crippen molar-refractivity contribution in [3.63, 3.8) is 0 Å². The number of nitriles is 1. The lowest BCUT2D eigenvalue weighted by Gasteiger charge is -2.43. The molecule has 0 aliphatic carbocycles. The zero-order chi connectivity index (χ0) is 21.8. The predicted molar refractivity (Wildman–Crippen MR) is 128 cm³/mol. The predicted octanol–water partition coefficient (Wildman–Crippen LogP) is 4.23. The Morgan fingerprint density at radius 2 is 2.03 bits per heavy atom. The van der Waals surface area contributed by atoms with Crippen LogP contribution in [0.4, 0.5) is 5.13 Å². The van der Waals surface area contributed by atoms with Gasteiger partial charge < -0.3 is 10.2 Å². The smallest absolute Gasteiger partial charge is 0.186 e. The van der Waals surface area contributed by atoms with Crippen molar-refractivity contribution in [2.75, 3.05) is 11.9 Å². The second kappa shape index (κ2) is 7.54. The zero-order valence-electron chi connectivity index (χ0n) is 18.2. The summed E-state index contributed by atoms with van der Waals surface area (Å²) in [6.07, 6.45) is 10.1. The van der Waals surface area contributed by atoms with Crippen molar-refractivity contribution in [2.45, 2.75) is 50.2 Å². The van der Waals surface area contributed by atoms with Crippen LogP contribution in [-0.2, 0) is 7.05 Å². The maximum Gasteiger partial charge on any atom is 0.186 e. The van der Waals surface area contributed by atoms with Crippen molar-refractivity contribution in [3.05, 3.63) is 36.2 Å². The van der Waals surface area contributed by atoms with E-state index in [0.717, 1.165) is 37.5 Å². The van der Waals surface area contributed by atoms with E-state index in [9.17, 15) is 5.26 Å². The van der Waals surface area contributed by atoms with E-state index < -0.39 is 0 Å². The summed E-state index contributed by atoms with van der Waals surface area (Å²) in [5, 5.41) is 19.8. The number of fused-ring (bicyclic) bond motifs is 4. The topological polar surface area (TPSA) is 82.7 Å². The van der Waals surface area contributed by atoms with Crippen molar-refractivity contribution in [1.82, 2.24) is 25.1 Å². The molecule has 162 valence electrons. The number of pyridine rings is 1. The lowest BCUT2D eigenvalue weighted by molar-refractivity contribution is 0.219. The Kier molecular flexibility index (Phi) is 4.63. The molecule has 0 saturated carbocycles. The summed E-state index contributed by atoms with van der Waals surface area (Å²) in [5.41, 5.74) is 4.01. The summed E-state index contributed by atoms with van der Waals surface area (Å²) in [5.74, 6) is 0. The molecule has 1 N–H and O–H groups in total. The van der Waals surface area contributed by atoms with E-state index in [2.05, 4.69) is 45.5 Å². The minimum atomic E-state index is 0.533. The molecule has 0 spiro atoms. The molecule has 2 atom stereocenters. The van der Waals surface area contributed by atoms with Crippen LogP contribution in [0.1, 0.15) is 37.7 Å². The van der Waals surface area contributed by atoms with Crippen LogP contribution in [0.2, 0.25) is 0 Å². The number of hydrogen-bond acceptors (Lipinski definition) is 7. The molecule has 5 heterocycles. The number of benzene rings is 1. The fraction of sp³-hybridized carbons (Fsp3) is 0.417. The molecule has 7 nitrogen and oxygen atoms in total. The zero-order valence-corrected chi connectivity index (χ0v) is 19.1. The molecular formula is C24H25N7S. The number of hydrogen-bond donors (Lipinski definition) is 1. The number of nitrogens with zero attached hydrogens (tertiary/aromatic N) is 6. The third-order valence-electron chi connectivity index (χ3n) is 6.94. The van der Waals surface area contributed by atoms with Crippen molar-refractivity contribution < 1.29 is 0 Å². The van der Waals surface area contributed by atoms with Gasteiger partial charge in [-0.2, -0.15) is 10.4 Å². The van der Waals surface area contributed by atoms with E-state index in [0.29, 0.717) is 23.7 Å². The highest BCUT2D eigenvalue weighted by Crippen LogP contribution is 2.36. The Morgan fingerprint density at radius 1 is 1.22 bits per heavy atom. The van der Waals surface area contributed by atoms with E-state index in [-0.39, 0.29) is 0 Å². The second-order valence-corrected chi connectivity index (χ2v) is 10.1. The number of nitrogens with one attached hydrogen (secondary N) is 1. The van der Waals surface area contributed by atoms with Gasteiger partial charge in [0.1, 0.15) is 17.1 Å². The molecular weight excluding hydrogens is 418 g/mol. The third kappa shape index (κ3) is 3.33. The SMILES string of the molecule is CN(c1nc2cnc(-c3cc(C#N)c4nn(C)cc4c3)cc2s1)C1CC2CCCC(C1)N2. The first-order chi connectivity index (χ1) is 15.6. The quantitative estimate of drug-likeness (QED) is 0.510. The first-order valence-electron chi connectivity index (χ1n) is 11.2. The fourth-order valence-electron chi connectivity index (χ4n) is 5.32. The molecule has 2 unspecified atom stereocenters. The number of thiazole rings is 1. The van der Waals surface area contributed by atoms with Crippen LogP contribution in [0.5, 0.6) is 0 Å². The van der Waals surface area contributed by atoms with Crippen LogP contribution in [0, 0.1) is 11.3 Å². The van der Waals surface area contributed by atoms with E-state index in [1.54, 1.807) is 16.0 Å². The monoisotopic (exact) mass is 443 g/mol. The molecule has 1 aromatic carbocycles. The van der Waals surface area contributed by atoms with Gasteiger partial charge in [-0.3, -0.25) is 9.67 Å². The molecule has 2 saturated heterocycles. The van der Waals surface area contributed by atoms with Crippen LogP contribution in [0.3, 0.4) is 0 Å². The lowest BCUT2D eigenvalue weighted by Crippen LogP contribution is -2.54. The molecule has 2 fully saturated rings. The van der Waals surface area contributed by atoms with E-state index >= 15 is 0 Å². The molecule has 8 heteroatoms. The van der Waals surface area contributed by atoms with Crippen LogP contribution in [-0.4, -0.2) is 44.9 Å². The van der Waals surface area contributed by atoms with Crippen molar-refractivity contribution in [2.24, 2.45) is 7.05 Å². The van der Waals surface area contributed by atoms with Crippen LogP contribution in [0.25, 0.3) is 32.4 Å².